The lowest BCUT2D eigenvalue weighted by atomic mass is 10.2. The van der Waals surface area contributed by atoms with Crippen molar-refractivity contribution in [3.63, 3.8) is 0 Å². The summed E-state index contributed by atoms with van der Waals surface area (Å²) in [6.45, 7) is 5.52. The molecule has 0 aromatic carbocycles. The minimum absolute atomic E-state index is 0.789. The van der Waals surface area contributed by atoms with Gasteiger partial charge >= 0.3 is 0 Å². The highest BCUT2D eigenvalue weighted by Crippen LogP contribution is 2.15. The summed E-state index contributed by atoms with van der Waals surface area (Å²) in [4.78, 5) is 2.17. The number of nitrogens with zero attached hydrogens (tertiary/aromatic N) is 2. The van der Waals surface area contributed by atoms with Crippen LogP contribution in [0.3, 0.4) is 0 Å². The average Bonchev–Trinajstić information content (AvgIpc) is 2.83. The first kappa shape index (κ1) is 11.0. The number of aryl methyl sites for hydroxylation is 2. The molecule has 0 spiro atoms. The van der Waals surface area contributed by atoms with Gasteiger partial charge in [0.1, 0.15) is 11.5 Å². The van der Waals surface area contributed by atoms with Crippen molar-refractivity contribution >= 4 is 0 Å². The summed E-state index contributed by atoms with van der Waals surface area (Å²) in [7, 11) is 2.05. The molecule has 0 aliphatic rings. The molecule has 0 aliphatic heterocycles. The smallest absolute Gasteiger partial charge is 0.138 e. The molecule has 0 radical (unpaired) electrons. The number of hydrogen-bond acceptors (Lipinski definition) is 4. The van der Waals surface area contributed by atoms with Crippen molar-refractivity contribution in [1.29, 1.82) is 0 Å². The van der Waals surface area contributed by atoms with Gasteiger partial charge in [0.15, 0.2) is 0 Å². The van der Waals surface area contributed by atoms with Crippen LogP contribution in [0.25, 0.3) is 0 Å². The van der Waals surface area contributed by atoms with Crippen LogP contribution in [0.1, 0.15) is 22.8 Å². The Labute approximate surface area is 94.8 Å². The van der Waals surface area contributed by atoms with E-state index in [2.05, 4.69) is 17.1 Å². The Morgan fingerprint density at radius 2 is 2.12 bits per heavy atom. The predicted molar refractivity (Wildman–Crippen MR) is 59.9 cm³/mol. The van der Waals surface area contributed by atoms with E-state index < -0.39 is 0 Å². The van der Waals surface area contributed by atoms with Crippen LogP contribution in [0.2, 0.25) is 0 Å². The summed E-state index contributed by atoms with van der Waals surface area (Å²) < 4.78 is 10.4. The molecular weight excluding hydrogens is 204 g/mol. The molecule has 0 aliphatic carbocycles. The van der Waals surface area contributed by atoms with E-state index >= 15 is 0 Å². The van der Waals surface area contributed by atoms with Gasteiger partial charge in [0.25, 0.3) is 0 Å². The Hall–Kier alpha value is -1.55. The monoisotopic (exact) mass is 220 g/mol. The lowest BCUT2D eigenvalue weighted by Gasteiger charge is -2.14. The minimum atomic E-state index is 0.789. The van der Waals surface area contributed by atoms with Gasteiger partial charge in [-0.15, -0.1) is 0 Å². The summed E-state index contributed by atoms with van der Waals surface area (Å²) in [5.41, 5.74) is 2.12. The molecule has 0 unspecified atom stereocenters. The van der Waals surface area contributed by atoms with E-state index in [-0.39, 0.29) is 0 Å². The lowest BCUT2D eigenvalue weighted by molar-refractivity contribution is 0.285. The fraction of sp³-hybridized carbons (Fsp3) is 0.417. The highest BCUT2D eigenvalue weighted by atomic mass is 16.5. The molecule has 0 fully saturated rings. The largest absolute Gasteiger partial charge is 0.468 e. The van der Waals surface area contributed by atoms with Gasteiger partial charge in [0, 0.05) is 12.1 Å². The highest BCUT2D eigenvalue weighted by Gasteiger charge is 2.12. The summed E-state index contributed by atoms with van der Waals surface area (Å²) in [6, 6.07) is 3.88. The van der Waals surface area contributed by atoms with Crippen LogP contribution >= 0.6 is 0 Å². The molecule has 4 nitrogen and oxygen atoms in total. The summed E-state index contributed by atoms with van der Waals surface area (Å²) in [5.74, 6) is 1.86. The Morgan fingerprint density at radius 1 is 1.31 bits per heavy atom. The van der Waals surface area contributed by atoms with Gasteiger partial charge in [-0.05, 0) is 33.0 Å². The first-order valence-corrected chi connectivity index (χ1v) is 5.29. The van der Waals surface area contributed by atoms with Gasteiger partial charge in [-0.25, -0.2) is 0 Å². The molecule has 2 heterocycles. The standard InChI is InChI=1S/C12H16N2O2/c1-9-12(10(2)16-13-9)8-14(3)7-11-5-4-6-15-11/h4-6H,7-8H2,1-3H3. The molecule has 2 aromatic rings. The van der Waals surface area contributed by atoms with E-state index in [9.17, 15) is 0 Å². The van der Waals surface area contributed by atoms with Crippen molar-refractivity contribution in [3.05, 3.63) is 41.2 Å². The maximum atomic E-state index is 5.30. The van der Waals surface area contributed by atoms with Crippen LogP contribution in [0.4, 0.5) is 0 Å². The van der Waals surface area contributed by atoms with Gasteiger partial charge < -0.3 is 8.94 Å². The van der Waals surface area contributed by atoms with Crippen molar-refractivity contribution in [2.75, 3.05) is 7.05 Å². The fourth-order valence-electron chi connectivity index (χ4n) is 1.72. The van der Waals surface area contributed by atoms with E-state index in [1.807, 2.05) is 26.0 Å². The zero-order valence-corrected chi connectivity index (χ0v) is 9.86. The molecule has 0 saturated carbocycles. The zero-order valence-electron chi connectivity index (χ0n) is 9.86. The quantitative estimate of drug-likeness (QED) is 0.794. The summed E-state index contributed by atoms with van der Waals surface area (Å²) in [5, 5.41) is 3.94. The third-order valence-corrected chi connectivity index (χ3v) is 2.62. The molecule has 4 heteroatoms. The lowest BCUT2D eigenvalue weighted by Crippen LogP contribution is -2.17. The normalized spacial score (nSPS) is 11.2. The van der Waals surface area contributed by atoms with Crippen LogP contribution in [0.5, 0.6) is 0 Å². The summed E-state index contributed by atoms with van der Waals surface area (Å²) in [6.07, 6.45) is 1.69. The van der Waals surface area contributed by atoms with Gasteiger partial charge in [0.2, 0.25) is 0 Å². The van der Waals surface area contributed by atoms with Gasteiger partial charge in [-0.3, -0.25) is 4.90 Å². The molecule has 0 atom stereocenters. The van der Waals surface area contributed by atoms with E-state index in [1.165, 1.54) is 0 Å². The number of furan rings is 1. The second-order valence-corrected chi connectivity index (χ2v) is 4.05. The number of aromatic nitrogens is 1. The fourth-order valence-corrected chi connectivity index (χ4v) is 1.72. The number of rotatable bonds is 4. The van der Waals surface area contributed by atoms with E-state index in [1.54, 1.807) is 6.26 Å². The van der Waals surface area contributed by atoms with E-state index in [0.717, 1.165) is 35.9 Å². The molecule has 86 valence electrons. The Morgan fingerprint density at radius 3 is 2.69 bits per heavy atom. The molecule has 0 bridgehead atoms. The highest BCUT2D eigenvalue weighted by molar-refractivity contribution is 5.20. The predicted octanol–water partition coefficient (Wildman–Crippen LogP) is 2.52. The first-order chi connectivity index (χ1) is 7.66. The summed E-state index contributed by atoms with van der Waals surface area (Å²) >= 11 is 0. The van der Waals surface area contributed by atoms with Crippen LogP contribution in [-0.2, 0) is 13.1 Å². The van der Waals surface area contributed by atoms with Crippen molar-refractivity contribution < 1.29 is 8.94 Å². The van der Waals surface area contributed by atoms with Gasteiger partial charge in [0.05, 0.1) is 18.5 Å². The molecular formula is C12H16N2O2. The maximum absolute atomic E-state index is 5.30. The van der Waals surface area contributed by atoms with E-state index in [0.29, 0.717) is 0 Å². The Bertz CT molecular complexity index is 426. The zero-order chi connectivity index (χ0) is 11.5. The van der Waals surface area contributed by atoms with Gasteiger partial charge in [-0.1, -0.05) is 5.16 Å². The molecule has 0 amide bonds. The van der Waals surface area contributed by atoms with Crippen LogP contribution in [-0.4, -0.2) is 17.1 Å². The minimum Gasteiger partial charge on any atom is -0.468 e. The van der Waals surface area contributed by atoms with E-state index in [4.69, 9.17) is 8.94 Å². The van der Waals surface area contributed by atoms with Crippen LogP contribution in [0, 0.1) is 13.8 Å². The number of hydrogen-bond donors (Lipinski definition) is 0. The third-order valence-electron chi connectivity index (χ3n) is 2.62. The van der Waals surface area contributed by atoms with Crippen molar-refractivity contribution in [2.24, 2.45) is 0 Å². The third kappa shape index (κ3) is 2.33. The second kappa shape index (κ2) is 4.53. The molecule has 16 heavy (non-hydrogen) atoms. The molecule has 0 saturated heterocycles. The Balaban J connectivity index is 2.00. The van der Waals surface area contributed by atoms with Gasteiger partial charge in [-0.2, -0.15) is 0 Å². The molecule has 2 rings (SSSR count). The van der Waals surface area contributed by atoms with Crippen LogP contribution < -0.4 is 0 Å². The maximum Gasteiger partial charge on any atom is 0.138 e. The van der Waals surface area contributed by atoms with Crippen molar-refractivity contribution in [2.45, 2.75) is 26.9 Å². The SMILES string of the molecule is Cc1noc(C)c1CN(C)Cc1ccco1. The van der Waals surface area contributed by atoms with Crippen molar-refractivity contribution in [1.82, 2.24) is 10.1 Å². The topological polar surface area (TPSA) is 42.4 Å². The first-order valence-electron chi connectivity index (χ1n) is 5.29. The van der Waals surface area contributed by atoms with Crippen LogP contribution in [0.15, 0.2) is 27.3 Å². The average molecular weight is 220 g/mol. The van der Waals surface area contributed by atoms with Crippen molar-refractivity contribution in [3.8, 4) is 0 Å². The molecule has 0 N–H and O–H groups in total. The molecule has 2 aromatic heterocycles. The second-order valence-electron chi connectivity index (χ2n) is 4.05. The Kier molecular flexibility index (Phi) is 3.10.